The van der Waals surface area contributed by atoms with Crippen molar-refractivity contribution in [2.24, 2.45) is 0 Å². The number of esters is 1. The lowest BCUT2D eigenvalue weighted by molar-refractivity contribution is 0.0526. The van der Waals surface area contributed by atoms with Crippen LogP contribution in [0.3, 0.4) is 0 Å². The number of para-hydroxylation sites is 2. The molecule has 0 radical (unpaired) electrons. The van der Waals surface area contributed by atoms with Gasteiger partial charge in [-0.05, 0) is 48.4 Å². The lowest BCUT2D eigenvalue weighted by Gasteiger charge is -2.40. The Bertz CT molecular complexity index is 1250. The first-order valence-corrected chi connectivity index (χ1v) is 11.1. The molecule has 5 heteroatoms. The minimum atomic E-state index is -0.309. The van der Waals surface area contributed by atoms with Gasteiger partial charge in [0, 0.05) is 17.8 Å². The first-order chi connectivity index (χ1) is 15.7. The lowest BCUT2D eigenvalue weighted by atomic mass is 9.97. The lowest BCUT2D eigenvalue weighted by Crippen LogP contribution is -2.34. The third-order valence-electron chi connectivity index (χ3n) is 5.78. The molecule has 0 aliphatic carbocycles. The van der Waals surface area contributed by atoms with Crippen LogP contribution in [0.1, 0.15) is 40.1 Å². The van der Waals surface area contributed by atoms with Crippen LogP contribution in [0.4, 0.5) is 5.69 Å². The third-order valence-corrected chi connectivity index (χ3v) is 6.04. The number of rotatable bonds is 5. The average Bonchev–Trinajstić information content (AvgIpc) is 3.26. The molecule has 160 valence electrons. The Hall–Kier alpha value is -3.50. The summed E-state index contributed by atoms with van der Waals surface area (Å²) in [6, 6.07) is 28.5. The van der Waals surface area contributed by atoms with Gasteiger partial charge >= 0.3 is 5.97 Å². The van der Waals surface area contributed by atoms with Gasteiger partial charge in [0.15, 0.2) is 0 Å². The normalized spacial score (nSPS) is 14.6. The third kappa shape index (κ3) is 3.67. The van der Waals surface area contributed by atoms with Crippen molar-refractivity contribution >= 4 is 23.3 Å². The SMILES string of the molecule is CCOC(=O)c1cc2n(c1)-c1ccccc1N(Cc1ccccc1)C2c1ccc(Cl)cc1. The van der Waals surface area contributed by atoms with Gasteiger partial charge in [0.1, 0.15) is 0 Å². The summed E-state index contributed by atoms with van der Waals surface area (Å²) < 4.78 is 7.40. The Morgan fingerprint density at radius 1 is 0.938 bits per heavy atom. The van der Waals surface area contributed by atoms with Gasteiger partial charge in [0.25, 0.3) is 0 Å². The summed E-state index contributed by atoms with van der Waals surface area (Å²) in [7, 11) is 0. The van der Waals surface area contributed by atoms with Gasteiger partial charge in [0.05, 0.1) is 35.3 Å². The molecule has 0 saturated carbocycles. The molecule has 1 aromatic heterocycles. The summed E-state index contributed by atoms with van der Waals surface area (Å²) >= 11 is 6.20. The molecule has 1 aliphatic heterocycles. The van der Waals surface area contributed by atoms with Crippen LogP contribution in [0.15, 0.2) is 91.1 Å². The number of ether oxygens (including phenoxy) is 1. The van der Waals surface area contributed by atoms with Crippen molar-refractivity contribution in [3.8, 4) is 5.69 Å². The molecule has 4 aromatic rings. The van der Waals surface area contributed by atoms with Crippen molar-refractivity contribution in [1.29, 1.82) is 0 Å². The Balaban J connectivity index is 1.70. The maximum absolute atomic E-state index is 12.6. The van der Waals surface area contributed by atoms with E-state index in [9.17, 15) is 4.79 Å². The van der Waals surface area contributed by atoms with Crippen LogP contribution < -0.4 is 4.90 Å². The molecule has 0 saturated heterocycles. The van der Waals surface area contributed by atoms with Gasteiger partial charge in [-0.15, -0.1) is 0 Å². The van der Waals surface area contributed by atoms with Crippen LogP contribution in [0.2, 0.25) is 5.02 Å². The molecule has 0 N–H and O–H groups in total. The molecule has 2 heterocycles. The van der Waals surface area contributed by atoms with Crippen LogP contribution in [0, 0.1) is 0 Å². The second-order valence-corrected chi connectivity index (χ2v) is 8.24. The highest BCUT2D eigenvalue weighted by atomic mass is 35.5. The molecule has 3 aromatic carbocycles. The summed E-state index contributed by atoms with van der Waals surface area (Å²) in [6.07, 6.45) is 1.88. The van der Waals surface area contributed by atoms with E-state index < -0.39 is 0 Å². The summed E-state index contributed by atoms with van der Waals surface area (Å²) in [5, 5.41) is 0.696. The second kappa shape index (κ2) is 8.56. The van der Waals surface area contributed by atoms with Gasteiger partial charge in [-0.3, -0.25) is 0 Å². The molecule has 0 bridgehead atoms. The van der Waals surface area contributed by atoms with Gasteiger partial charge in [-0.25, -0.2) is 4.79 Å². The van der Waals surface area contributed by atoms with E-state index in [0.717, 1.165) is 29.2 Å². The summed E-state index contributed by atoms with van der Waals surface area (Å²) in [4.78, 5) is 15.0. The number of halogens is 1. The molecule has 0 fully saturated rings. The molecule has 4 nitrogen and oxygen atoms in total. The predicted octanol–water partition coefficient (Wildman–Crippen LogP) is 6.42. The van der Waals surface area contributed by atoms with E-state index in [1.54, 1.807) is 0 Å². The van der Waals surface area contributed by atoms with E-state index in [4.69, 9.17) is 16.3 Å². The van der Waals surface area contributed by atoms with Crippen LogP contribution in [-0.2, 0) is 11.3 Å². The largest absolute Gasteiger partial charge is 0.462 e. The molecule has 1 atom stereocenters. The van der Waals surface area contributed by atoms with Gasteiger partial charge in [-0.1, -0.05) is 66.2 Å². The molecule has 1 unspecified atom stereocenters. The molecule has 5 rings (SSSR count). The maximum atomic E-state index is 12.6. The second-order valence-electron chi connectivity index (χ2n) is 7.80. The van der Waals surface area contributed by atoms with Gasteiger partial charge < -0.3 is 14.2 Å². The number of anilines is 1. The topological polar surface area (TPSA) is 34.5 Å². The number of carbonyl (C=O) groups excluding carboxylic acids is 1. The summed E-state index contributed by atoms with van der Waals surface area (Å²) in [5.41, 5.74) is 6.04. The van der Waals surface area contributed by atoms with Crippen LogP contribution in [0.25, 0.3) is 5.69 Å². The fraction of sp³-hybridized carbons (Fsp3) is 0.148. The summed E-state index contributed by atoms with van der Waals surface area (Å²) in [5.74, 6) is -0.309. The number of nitrogens with zero attached hydrogens (tertiary/aromatic N) is 2. The molecular formula is C27H23ClN2O2. The Kier molecular flexibility index (Phi) is 5.46. The summed E-state index contributed by atoms with van der Waals surface area (Å²) in [6.45, 7) is 2.89. The number of benzene rings is 3. The quantitative estimate of drug-likeness (QED) is 0.334. The Morgan fingerprint density at radius 3 is 2.34 bits per heavy atom. The molecule has 1 aliphatic rings. The highest BCUT2D eigenvalue weighted by molar-refractivity contribution is 6.30. The van der Waals surface area contributed by atoms with E-state index in [-0.39, 0.29) is 12.0 Å². The van der Waals surface area contributed by atoms with Crippen molar-refractivity contribution in [2.45, 2.75) is 19.5 Å². The van der Waals surface area contributed by atoms with Gasteiger partial charge in [0.2, 0.25) is 0 Å². The van der Waals surface area contributed by atoms with Crippen molar-refractivity contribution < 1.29 is 9.53 Å². The van der Waals surface area contributed by atoms with Crippen LogP contribution in [-0.4, -0.2) is 17.1 Å². The van der Waals surface area contributed by atoms with Crippen molar-refractivity contribution in [3.63, 3.8) is 0 Å². The first kappa shape index (κ1) is 20.4. The monoisotopic (exact) mass is 442 g/mol. The fourth-order valence-electron chi connectivity index (χ4n) is 4.39. The number of carbonyl (C=O) groups is 1. The minimum Gasteiger partial charge on any atom is -0.462 e. The van der Waals surface area contributed by atoms with Crippen LogP contribution >= 0.6 is 11.6 Å². The Morgan fingerprint density at radius 2 is 1.62 bits per heavy atom. The van der Waals surface area contributed by atoms with Crippen molar-refractivity contribution in [2.75, 3.05) is 11.5 Å². The number of aromatic nitrogens is 1. The average molecular weight is 443 g/mol. The standard InChI is InChI=1S/C27H23ClN2O2/c1-2-32-27(31)21-16-25-26(20-12-14-22(28)15-13-20)30(17-19-8-4-3-5-9-19)24-11-7-6-10-23(24)29(25)18-21/h3-16,18,26H,2,17H2,1H3. The minimum absolute atomic E-state index is 0.0921. The number of hydrogen-bond donors (Lipinski definition) is 0. The number of hydrogen-bond acceptors (Lipinski definition) is 3. The van der Waals surface area contributed by atoms with Crippen molar-refractivity contribution in [1.82, 2.24) is 4.57 Å². The highest BCUT2D eigenvalue weighted by Gasteiger charge is 2.33. The molecule has 32 heavy (non-hydrogen) atoms. The van der Waals surface area contributed by atoms with E-state index in [2.05, 4.69) is 64.1 Å². The maximum Gasteiger partial charge on any atom is 0.339 e. The highest BCUT2D eigenvalue weighted by Crippen LogP contribution is 2.43. The number of fused-ring (bicyclic) bond motifs is 3. The zero-order valence-electron chi connectivity index (χ0n) is 17.7. The molecule has 0 amide bonds. The zero-order chi connectivity index (χ0) is 22.1. The predicted molar refractivity (Wildman–Crippen MR) is 128 cm³/mol. The first-order valence-electron chi connectivity index (χ1n) is 10.7. The van der Waals surface area contributed by atoms with Crippen molar-refractivity contribution in [3.05, 3.63) is 119 Å². The fourth-order valence-corrected chi connectivity index (χ4v) is 4.51. The molecular weight excluding hydrogens is 420 g/mol. The van der Waals surface area contributed by atoms with Crippen LogP contribution in [0.5, 0.6) is 0 Å². The van der Waals surface area contributed by atoms with Gasteiger partial charge in [-0.2, -0.15) is 0 Å². The molecule has 0 spiro atoms. The Labute approximate surface area is 192 Å². The smallest absolute Gasteiger partial charge is 0.339 e. The van der Waals surface area contributed by atoms with E-state index in [1.807, 2.05) is 43.5 Å². The van der Waals surface area contributed by atoms with E-state index in [0.29, 0.717) is 17.2 Å². The van der Waals surface area contributed by atoms with E-state index >= 15 is 0 Å². The van der Waals surface area contributed by atoms with E-state index in [1.165, 1.54) is 5.56 Å². The zero-order valence-corrected chi connectivity index (χ0v) is 18.5.